The van der Waals surface area contributed by atoms with E-state index in [-0.39, 0.29) is 24.1 Å². The van der Waals surface area contributed by atoms with Gasteiger partial charge >= 0.3 is 5.97 Å². The van der Waals surface area contributed by atoms with Crippen LogP contribution in [0.25, 0.3) is 22.3 Å². The zero-order chi connectivity index (χ0) is 27.1. The first-order chi connectivity index (χ1) is 18.9. The largest absolute Gasteiger partial charge is 0.492 e. The van der Waals surface area contributed by atoms with Gasteiger partial charge in [-0.15, -0.1) is 0 Å². The second kappa shape index (κ2) is 10.1. The van der Waals surface area contributed by atoms with Crippen molar-refractivity contribution in [1.82, 2.24) is 10.2 Å². The number of nitrogens with zero attached hydrogens (tertiary/aromatic N) is 2. The highest BCUT2D eigenvalue weighted by Gasteiger charge is 2.32. The first-order valence-electron chi connectivity index (χ1n) is 13.1. The minimum absolute atomic E-state index is 0.0404. The summed E-state index contributed by atoms with van der Waals surface area (Å²) in [5.41, 5.74) is 9.10. The Hall–Kier alpha value is -4.26. The van der Waals surface area contributed by atoms with Gasteiger partial charge in [0.25, 0.3) is 0 Å². The molecule has 0 spiro atoms. The van der Waals surface area contributed by atoms with E-state index >= 15 is 4.39 Å². The fourth-order valence-corrected chi connectivity index (χ4v) is 5.99. The summed E-state index contributed by atoms with van der Waals surface area (Å²) in [4.78, 5) is 11.7. The van der Waals surface area contributed by atoms with Crippen molar-refractivity contribution in [2.24, 2.45) is 0 Å². The maximum absolute atomic E-state index is 15.3. The van der Waals surface area contributed by atoms with Crippen molar-refractivity contribution in [3.05, 3.63) is 94.6 Å². The fraction of sp³-hybridized carbons (Fsp3) is 0.281. The Kier molecular flexibility index (Phi) is 6.51. The summed E-state index contributed by atoms with van der Waals surface area (Å²) in [6.07, 6.45) is 4.74. The number of hydrogen-bond acceptors (Lipinski definition) is 6. The molecule has 2 aliphatic rings. The third-order valence-electron chi connectivity index (χ3n) is 7.79. The van der Waals surface area contributed by atoms with E-state index in [0.717, 1.165) is 50.9 Å². The Balaban J connectivity index is 1.29. The average Bonchev–Trinajstić information content (AvgIpc) is 3.54. The smallest absolute Gasteiger partial charge is 0.306 e. The van der Waals surface area contributed by atoms with Crippen LogP contribution in [0.4, 0.5) is 4.39 Å². The first-order valence-corrected chi connectivity index (χ1v) is 13.1. The Bertz CT molecular complexity index is 1550. The monoisotopic (exact) mass is 524 g/mol. The molecule has 0 saturated carbocycles. The predicted octanol–water partition coefficient (Wildman–Crippen LogP) is 6.67. The Labute approximate surface area is 226 Å². The molecule has 0 unspecified atom stereocenters. The number of hydrogen-bond donors (Lipinski definition) is 0. The van der Waals surface area contributed by atoms with Gasteiger partial charge in [0.1, 0.15) is 23.4 Å². The number of carbonyl (C=O) groups is 1. The molecule has 6 nitrogen and oxygen atoms in total. The minimum Gasteiger partial charge on any atom is -0.492 e. The molecule has 0 fully saturated rings. The summed E-state index contributed by atoms with van der Waals surface area (Å²) in [7, 11) is 1.39. The molecular weight excluding hydrogens is 495 g/mol. The highest BCUT2D eigenvalue weighted by molar-refractivity contribution is 5.79. The molecule has 0 radical (unpaired) electrons. The number of benzene rings is 3. The van der Waals surface area contributed by atoms with E-state index < -0.39 is 6.10 Å². The molecule has 1 aliphatic carbocycles. The molecule has 4 aromatic rings. The summed E-state index contributed by atoms with van der Waals surface area (Å²) >= 11 is 0. The molecule has 0 bridgehead atoms. The molecule has 1 aromatic heterocycles. The molecule has 2 atom stereocenters. The van der Waals surface area contributed by atoms with Gasteiger partial charge in [-0.05, 0) is 78.3 Å². The van der Waals surface area contributed by atoms with Crippen LogP contribution in [0.1, 0.15) is 52.7 Å². The zero-order valence-electron chi connectivity index (χ0n) is 22.2. The molecule has 0 saturated heterocycles. The standard InChI is InChI=1S/C32H29FN2O4/c1-18-12-21(20-10-11-34-35-16-20)13-19(2)31(18)25-6-8-27(33)32-26(25)7-9-28(32)39-23-4-5-24-22(14-30(36)37-3)17-38-29(24)15-23/h4-6,8,10-13,15-16,22,28H,7,9,14,17H2,1-3H3/t22-,28-/m1/s1. The second-order valence-corrected chi connectivity index (χ2v) is 10.2. The Morgan fingerprint density at radius 2 is 1.87 bits per heavy atom. The van der Waals surface area contributed by atoms with Crippen molar-refractivity contribution in [2.45, 2.75) is 45.1 Å². The molecule has 0 amide bonds. The van der Waals surface area contributed by atoms with E-state index in [1.807, 2.05) is 30.3 Å². The summed E-state index contributed by atoms with van der Waals surface area (Å²) in [5.74, 6) is 0.769. The fourth-order valence-electron chi connectivity index (χ4n) is 5.99. The van der Waals surface area contributed by atoms with Crippen molar-refractivity contribution in [3.8, 4) is 33.8 Å². The van der Waals surface area contributed by atoms with Crippen molar-refractivity contribution in [1.29, 1.82) is 0 Å². The van der Waals surface area contributed by atoms with Gasteiger partial charge in [-0.2, -0.15) is 10.2 Å². The van der Waals surface area contributed by atoms with E-state index in [0.29, 0.717) is 30.1 Å². The Morgan fingerprint density at radius 1 is 1.05 bits per heavy atom. The van der Waals surface area contributed by atoms with Crippen LogP contribution in [0, 0.1) is 19.7 Å². The minimum atomic E-state index is -0.395. The number of esters is 1. The number of aromatic nitrogens is 2. The van der Waals surface area contributed by atoms with Crippen LogP contribution in [0.5, 0.6) is 11.5 Å². The first kappa shape index (κ1) is 25.0. The number of fused-ring (bicyclic) bond motifs is 2. The van der Waals surface area contributed by atoms with Crippen LogP contribution in [0.2, 0.25) is 0 Å². The van der Waals surface area contributed by atoms with Crippen LogP contribution in [0.15, 0.2) is 60.9 Å². The summed E-state index contributed by atoms with van der Waals surface area (Å²) in [6.45, 7) is 4.61. The van der Waals surface area contributed by atoms with Crippen LogP contribution < -0.4 is 9.47 Å². The van der Waals surface area contributed by atoms with Crippen molar-refractivity contribution in [3.63, 3.8) is 0 Å². The van der Waals surface area contributed by atoms with E-state index in [1.165, 1.54) is 7.11 Å². The SMILES string of the molecule is COC(=O)C[C@@H]1COc2cc(O[C@@H]3CCc4c(-c5c(C)cc(-c6ccnnc6)cc5C)ccc(F)c43)ccc21. The van der Waals surface area contributed by atoms with Gasteiger partial charge in [0.15, 0.2) is 0 Å². The quantitative estimate of drug-likeness (QED) is 0.262. The molecule has 6 rings (SSSR count). The van der Waals surface area contributed by atoms with Crippen LogP contribution in [-0.2, 0) is 16.0 Å². The van der Waals surface area contributed by atoms with Gasteiger partial charge in [-0.3, -0.25) is 4.79 Å². The molecule has 0 N–H and O–H groups in total. The highest BCUT2D eigenvalue weighted by atomic mass is 19.1. The number of rotatable bonds is 6. The lowest BCUT2D eigenvalue weighted by Crippen LogP contribution is -2.09. The van der Waals surface area contributed by atoms with Gasteiger partial charge < -0.3 is 14.2 Å². The zero-order valence-corrected chi connectivity index (χ0v) is 22.2. The van der Waals surface area contributed by atoms with Gasteiger partial charge in [-0.25, -0.2) is 4.39 Å². The van der Waals surface area contributed by atoms with Crippen molar-refractivity contribution >= 4 is 5.97 Å². The summed E-state index contributed by atoms with van der Waals surface area (Å²) in [6, 6.07) is 15.3. The number of ether oxygens (including phenoxy) is 3. The third-order valence-corrected chi connectivity index (χ3v) is 7.79. The average molecular weight is 525 g/mol. The second-order valence-electron chi connectivity index (χ2n) is 10.2. The molecule has 3 aromatic carbocycles. The molecule has 39 heavy (non-hydrogen) atoms. The van der Waals surface area contributed by atoms with E-state index in [4.69, 9.17) is 14.2 Å². The normalized spacial score (nSPS) is 17.3. The van der Waals surface area contributed by atoms with E-state index in [9.17, 15) is 4.79 Å². The third kappa shape index (κ3) is 4.62. The van der Waals surface area contributed by atoms with Crippen molar-refractivity contribution < 1.29 is 23.4 Å². The molecule has 1 aliphatic heterocycles. The van der Waals surface area contributed by atoms with Crippen LogP contribution in [-0.4, -0.2) is 29.9 Å². The molecule has 2 heterocycles. The molecule has 198 valence electrons. The van der Waals surface area contributed by atoms with E-state index in [1.54, 1.807) is 18.5 Å². The van der Waals surface area contributed by atoms with Gasteiger partial charge in [0.2, 0.25) is 0 Å². The number of carbonyl (C=O) groups excluding carboxylic acids is 1. The lowest BCUT2D eigenvalue weighted by atomic mass is 9.88. The summed E-state index contributed by atoms with van der Waals surface area (Å²) < 4.78 is 32.3. The molecular formula is C32H29FN2O4. The highest BCUT2D eigenvalue weighted by Crippen LogP contribution is 2.45. The van der Waals surface area contributed by atoms with Crippen molar-refractivity contribution in [2.75, 3.05) is 13.7 Å². The number of methoxy groups -OCH3 is 1. The van der Waals surface area contributed by atoms with Gasteiger partial charge in [0.05, 0.1) is 32.5 Å². The maximum atomic E-state index is 15.3. The Morgan fingerprint density at radius 3 is 2.62 bits per heavy atom. The van der Waals surface area contributed by atoms with Gasteiger partial charge in [-0.1, -0.05) is 24.3 Å². The van der Waals surface area contributed by atoms with E-state index in [2.05, 4.69) is 36.2 Å². The van der Waals surface area contributed by atoms with Crippen LogP contribution in [0.3, 0.4) is 0 Å². The predicted molar refractivity (Wildman–Crippen MR) is 145 cm³/mol. The molecule has 7 heteroatoms. The number of halogens is 1. The lowest BCUT2D eigenvalue weighted by molar-refractivity contribution is -0.141. The lowest BCUT2D eigenvalue weighted by Gasteiger charge is -2.19. The topological polar surface area (TPSA) is 70.5 Å². The van der Waals surface area contributed by atoms with Crippen LogP contribution >= 0.6 is 0 Å². The van der Waals surface area contributed by atoms with Gasteiger partial charge in [0, 0.05) is 28.7 Å². The summed E-state index contributed by atoms with van der Waals surface area (Å²) in [5, 5.41) is 7.88. The number of aryl methyl sites for hydroxylation is 2. The maximum Gasteiger partial charge on any atom is 0.306 e.